The van der Waals surface area contributed by atoms with Gasteiger partial charge in [-0.3, -0.25) is 0 Å². The van der Waals surface area contributed by atoms with Crippen LogP contribution >= 0.6 is 11.3 Å². The van der Waals surface area contributed by atoms with Crippen molar-refractivity contribution in [2.45, 2.75) is 32.1 Å². The molecular weight excluding hydrogens is 212 g/mol. The molecule has 4 nitrogen and oxygen atoms in total. The van der Waals surface area contributed by atoms with Crippen LogP contribution in [0.4, 0.5) is 0 Å². The number of hydrogen-bond acceptors (Lipinski definition) is 5. The number of nitrogens with zero attached hydrogens (tertiary/aromatic N) is 1. The predicted octanol–water partition coefficient (Wildman–Crippen LogP) is 1.60. The fourth-order valence-corrected chi connectivity index (χ4v) is 2.75. The molecule has 2 rings (SSSR count). The van der Waals surface area contributed by atoms with Gasteiger partial charge in [-0.2, -0.15) is 0 Å². The summed E-state index contributed by atoms with van der Waals surface area (Å²) in [5.74, 6) is 0. The molecule has 1 atom stereocenters. The number of rotatable bonds is 4. The summed E-state index contributed by atoms with van der Waals surface area (Å²) in [5.41, 5.74) is 6.64. The Hall–Kier alpha value is -0.490. The van der Waals surface area contributed by atoms with Gasteiger partial charge < -0.3 is 15.2 Å². The first-order valence-corrected chi connectivity index (χ1v) is 5.96. The van der Waals surface area contributed by atoms with E-state index in [9.17, 15) is 0 Å². The lowest BCUT2D eigenvalue weighted by Gasteiger charge is -2.03. The maximum absolute atomic E-state index is 5.67. The molecule has 5 heteroatoms. The van der Waals surface area contributed by atoms with Crippen LogP contribution in [-0.2, 0) is 22.6 Å². The molecule has 1 saturated heterocycles. The van der Waals surface area contributed by atoms with Gasteiger partial charge in [-0.05, 0) is 12.8 Å². The van der Waals surface area contributed by atoms with Crippen LogP contribution in [0.3, 0.4) is 0 Å². The van der Waals surface area contributed by atoms with Crippen molar-refractivity contribution in [2.24, 2.45) is 5.73 Å². The van der Waals surface area contributed by atoms with Crippen LogP contribution in [-0.4, -0.2) is 18.7 Å². The molecule has 2 N–H and O–H groups in total. The van der Waals surface area contributed by atoms with Crippen LogP contribution in [0.25, 0.3) is 0 Å². The highest BCUT2D eigenvalue weighted by Gasteiger charge is 2.22. The van der Waals surface area contributed by atoms with E-state index < -0.39 is 0 Å². The molecule has 0 aliphatic carbocycles. The van der Waals surface area contributed by atoms with E-state index in [4.69, 9.17) is 15.2 Å². The molecule has 84 valence electrons. The second-order valence-corrected chi connectivity index (χ2v) is 4.68. The minimum Gasteiger partial charge on any atom is -0.378 e. The molecule has 1 aliphatic rings. The Balaban J connectivity index is 2.17. The number of thiazole rings is 1. The number of nitrogens with two attached hydrogens (primary N) is 1. The largest absolute Gasteiger partial charge is 0.378 e. The molecular formula is C10H16N2O2S. The summed E-state index contributed by atoms with van der Waals surface area (Å²) in [6.07, 6.45) is 2.39. The lowest BCUT2D eigenvalue weighted by molar-refractivity contribution is 0.111. The van der Waals surface area contributed by atoms with Crippen molar-refractivity contribution in [1.82, 2.24) is 4.98 Å². The lowest BCUT2D eigenvalue weighted by Crippen LogP contribution is -1.99. The lowest BCUT2D eigenvalue weighted by atomic mass is 10.2. The summed E-state index contributed by atoms with van der Waals surface area (Å²) in [6, 6.07) is 0. The molecule has 0 radical (unpaired) electrons. The van der Waals surface area contributed by atoms with Crippen molar-refractivity contribution >= 4 is 11.3 Å². The smallest absolute Gasteiger partial charge is 0.122 e. The average molecular weight is 228 g/mol. The van der Waals surface area contributed by atoms with E-state index in [1.807, 2.05) is 0 Å². The molecule has 1 aliphatic heterocycles. The predicted molar refractivity (Wildman–Crippen MR) is 58.6 cm³/mol. The first-order chi connectivity index (χ1) is 7.35. The quantitative estimate of drug-likeness (QED) is 0.850. The fraction of sp³-hybridized carbons (Fsp3) is 0.700. The van der Waals surface area contributed by atoms with Crippen molar-refractivity contribution in [3.05, 3.63) is 15.6 Å². The SMILES string of the molecule is COCc1nc(C2CCCO2)sc1CN. The van der Waals surface area contributed by atoms with Gasteiger partial charge in [-0.25, -0.2) is 4.98 Å². The summed E-state index contributed by atoms with van der Waals surface area (Å²) >= 11 is 1.66. The van der Waals surface area contributed by atoms with E-state index in [-0.39, 0.29) is 6.10 Å². The zero-order valence-electron chi connectivity index (χ0n) is 8.86. The maximum atomic E-state index is 5.67. The van der Waals surface area contributed by atoms with Crippen molar-refractivity contribution in [3.63, 3.8) is 0 Å². The van der Waals surface area contributed by atoms with Crippen molar-refractivity contribution < 1.29 is 9.47 Å². The van der Waals surface area contributed by atoms with Crippen LogP contribution in [0.5, 0.6) is 0 Å². The van der Waals surface area contributed by atoms with Crippen molar-refractivity contribution in [3.8, 4) is 0 Å². The zero-order valence-corrected chi connectivity index (χ0v) is 9.68. The second-order valence-electron chi connectivity index (χ2n) is 3.56. The third-order valence-corrected chi connectivity index (χ3v) is 3.68. The minimum absolute atomic E-state index is 0.186. The Labute approximate surface area is 93.4 Å². The Kier molecular flexibility index (Phi) is 3.69. The third-order valence-electron chi connectivity index (χ3n) is 2.47. The number of aromatic nitrogens is 1. The highest BCUT2D eigenvalue weighted by Crippen LogP contribution is 2.32. The van der Waals surface area contributed by atoms with Gasteiger partial charge in [-0.1, -0.05) is 0 Å². The van der Waals surface area contributed by atoms with Gasteiger partial charge in [0.05, 0.1) is 12.3 Å². The topological polar surface area (TPSA) is 57.4 Å². The third kappa shape index (κ3) is 2.36. The van der Waals surface area contributed by atoms with Gasteiger partial charge >= 0.3 is 0 Å². The molecule has 2 heterocycles. The van der Waals surface area contributed by atoms with Crippen LogP contribution in [0.1, 0.15) is 34.5 Å². The van der Waals surface area contributed by atoms with Gasteiger partial charge in [0.1, 0.15) is 11.1 Å². The summed E-state index contributed by atoms with van der Waals surface area (Å²) < 4.78 is 10.7. The number of hydrogen-bond donors (Lipinski definition) is 1. The standard InChI is InChI=1S/C10H16N2O2S/c1-13-6-7-9(5-11)15-10(12-7)8-3-2-4-14-8/h8H,2-6,11H2,1H3. The van der Waals surface area contributed by atoms with Gasteiger partial charge in [0, 0.05) is 25.1 Å². The Morgan fingerprint density at radius 3 is 3.13 bits per heavy atom. The van der Waals surface area contributed by atoms with E-state index in [1.54, 1.807) is 18.4 Å². The molecule has 0 amide bonds. The molecule has 0 saturated carbocycles. The molecule has 1 unspecified atom stereocenters. The Morgan fingerprint density at radius 1 is 1.67 bits per heavy atom. The van der Waals surface area contributed by atoms with Gasteiger partial charge in [0.25, 0.3) is 0 Å². The maximum Gasteiger partial charge on any atom is 0.122 e. The monoisotopic (exact) mass is 228 g/mol. The van der Waals surface area contributed by atoms with Crippen LogP contribution in [0, 0.1) is 0 Å². The first-order valence-electron chi connectivity index (χ1n) is 5.14. The Bertz CT molecular complexity index is 321. The first kappa shape index (κ1) is 11.0. The molecule has 15 heavy (non-hydrogen) atoms. The molecule has 0 spiro atoms. The van der Waals surface area contributed by atoms with E-state index in [0.717, 1.165) is 35.0 Å². The molecule has 1 aromatic heterocycles. The van der Waals surface area contributed by atoms with Crippen LogP contribution in [0.15, 0.2) is 0 Å². The molecule has 0 bridgehead atoms. The van der Waals surface area contributed by atoms with Crippen molar-refractivity contribution in [1.29, 1.82) is 0 Å². The zero-order chi connectivity index (χ0) is 10.7. The van der Waals surface area contributed by atoms with Gasteiger partial charge in [0.15, 0.2) is 0 Å². The summed E-state index contributed by atoms with van der Waals surface area (Å²) in [5, 5.41) is 1.06. The average Bonchev–Trinajstić information content (AvgIpc) is 2.84. The Morgan fingerprint density at radius 2 is 2.53 bits per heavy atom. The molecule has 0 aromatic carbocycles. The van der Waals surface area contributed by atoms with E-state index in [2.05, 4.69) is 4.98 Å². The summed E-state index contributed by atoms with van der Waals surface area (Å²) in [4.78, 5) is 5.65. The van der Waals surface area contributed by atoms with Gasteiger partial charge in [0.2, 0.25) is 0 Å². The molecule has 1 aromatic rings. The normalized spacial score (nSPS) is 21.1. The highest BCUT2D eigenvalue weighted by molar-refractivity contribution is 7.11. The highest BCUT2D eigenvalue weighted by atomic mass is 32.1. The second kappa shape index (κ2) is 5.03. The summed E-state index contributed by atoms with van der Waals surface area (Å²) in [7, 11) is 1.67. The van der Waals surface area contributed by atoms with Crippen LogP contribution in [0.2, 0.25) is 0 Å². The van der Waals surface area contributed by atoms with E-state index in [1.165, 1.54) is 0 Å². The van der Waals surface area contributed by atoms with E-state index in [0.29, 0.717) is 13.2 Å². The van der Waals surface area contributed by atoms with Gasteiger partial charge in [-0.15, -0.1) is 11.3 Å². The minimum atomic E-state index is 0.186. The summed E-state index contributed by atoms with van der Waals surface area (Å²) in [6.45, 7) is 1.92. The number of ether oxygens (including phenoxy) is 2. The molecule has 1 fully saturated rings. The fourth-order valence-electron chi connectivity index (χ4n) is 1.72. The van der Waals surface area contributed by atoms with Crippen LogP contribution < -0.4 is 5.73 Å². The van der Waals surface area contributed by atoms with E-state index >= 15 is 0 Å². The van der Waals surface area contributed by atoms with Crippen molar-refractivity contribution in [2.75, 3.05) is 13.7 Å². The number of methoxy groups -OCH3 is 1.